The smallest absolute Gasteiger partial charge is 0.406 e. The molecular formula is C22H24N4O4S2. The van der Waals surface area contributed by atoms with Gasteiger partial charge in [0.1, 0.15) is 4.21 Å². The molecule has 8 nitrogen and oxygen atoms in total. The van der Waals surface area contributed by atoms with Gasteiger partial charge in [0.05, 0.1) is 11.2 Å². The first-order chi connectivity index (χ1) is 15.5. The Hall–Kier alpha value is -2.66. The number of fused-ring (bicyclic) bond motifs is 2. The number of nitrogens with one attached hydrogen (secondary N) is 2. The predicted molar refractivity (Wildman–Crippen MR) is 127 cm³/mol. The summed E-state index contributed by atoms with van der Waals surface area (Å²) < 4.78 is 34.6. The zero-order chi connectivity index (χ0) is 22.1. The second kappa shape index (κ2) is 8.70. The molecule has 32 heavy (non-hydrogen) atoms. The summed E-state index contributed by atoms with van der Waals surface area (Å²) in [4.78, 5) is 18.8. The summed E-state index contributed by atoms with van der Waals surface area (Å²) in [6.07, 6.45) is 0.742. The summed E-state index contributed by atoms with van der Waals surface area (Å²) in [5, 5.41) is 0.949. The number of sulfonamides is 1. The number of aromatic nitrogens is 1. The molecule has 1 fully saturated rings. The van der Waals surface area contributed by atoms with Gasteiger partial charge in [-0.25, -0.2) is 17.9 Å². The Morgan fingerprint density at radius 2 is 1.88 bits per heavy atom. The van der Waals surface area contributed by atoms with Gasteiger partial charge in [0.15, 0.2) is 5.58 Å². The molecule has 10 heteroatoms. The molecule has 0 bridgehead atoms. The molecule has 1 aliphatic rings. The van der Waals surface area contributed by atoms with Crippen molar-refractivity contribution in [1.29, 1.82) is 0 Å². The first kappa shape index (κ1) is 21.2. The monoisotopic (exact) mass is 472 g/mol. The number of hydrogen-bond acceptors (Lipinski definition) is 7. The van der Waals surface area contributed by atoms with Gasteiger partial charge in [0.2, 0.25) is 10.0 Å². The van der Waals surface area contributed by atoms with Crippen molar-refractivity contribution in [2.45, 2.75) is 10.6 Å². The second-order valence-corrected chi connectivity index (χ2v) is 10.9. The molecule has 5 rings (SSSR count). The minimum atomic E-state index is -3.49. The molecule has 168 valence electrons. The van der Waals surface area contributed by atoms with E-state index in [0.29, 0.717) is 21.9 Å². The van der Waals surface area contributed by atoms with Gasteiger partial charge >= 0.3 is 5.76 Å². The highest BCUT2D eigenvalue weighted by Gasteiger charge is 2.21. The van der Waals surface area contributed by atoms with Crippen LogP contribution in [0, 0.1) is 0 Å². The third kappa shape index (κ3) is 4.31. The number of anilines is 1. The van der Waals surface area contributed by atoms with Crippen LogP contribution in [-0.4, -0.2) is 57.6 Å². The Labute approximate surface area is 189 Å². The first-order valence-corrected chi connectivity index (χ1v) is 12.9. The van der Waals surface area contributed by atoms with Crippen LogP contribution in [0.1, 0.15) is 6.42 Å². The Morgan fingerprint density at radius 1 is 1.06 bits per heavy atom. The average Bonchev–Trinajstić information content (AvgIpc) is 3.40. The maximum absolute atomic E-state index is 12.6. The number of para-hydroxylation sites is 1. The molecule has 1 saturated heterocycles. The van der Waals surface area contributed by atoms with Crippen LogP contribution in [0.25, 0.3) is 21.2 Å². The summed E-state index contributed by atoms with van der Waals surface area (Å²) >= 11 is 1.29. The highest BCUT2D eigenvalue weighted by Crippen LogP contribution is 2.28. The molecule has 4 aromatic rings. The van der Waals surface area contributed by atoms with Crippen LogP contribution in [0.5, 0.6) is 0 Å². The van der Waals surface area contributed by atoms with Gasteiger partial charge < -0.3 is 9.32 Å². The fourth-order valence-corrected chi connectivity index (χ4v) is 6.61. The molecule has 0 spiro atoms. The van der Waals surface area contributed by atoms with Crippen molar-refractivity contribution in [3.63, 3.8) is 0 Å². The van der Waals surface area contributed by atoms with Crippen LogP contribution in [0.3, 0.4) is 0 Å². The molecule has 0 aliphatic carbocycles. The molecule has 0 radical (unpaired) electrons. The zero-order valence-electron chi connectivity index (χ0n) is 17.4. The number of piperazine rings is 1. The third-order valence-electron chi connectivity index (χ3n) is 5.75. The van der Waals surface area contributed by atoms with Gasteiger partial charge in [-0.3, -0.25) is 9.88 Å². The fraction of sp³-hybridized carbons (Fsp3) is 0.318. The number of benzene rings is 2. The number of H-pyrrole nitrogens is 1. The lowest BCUT2D eigenvalue weighted by Crippen LogP contribution is -2.47. The Bertz CT molecular complexity index is 1370. The molecule has 1 aliphatic heterocycles. The highest BCUT2D eigenvalue weighted by molar-refractivity contribution is 7.91. The zero-order valence-corrected chi connectivity index (χ0v) is 19.0. The lowest BCUT2D eigenvalue weighted by atomic mass is 10.2. The highest BCUT2D eigenvalue weighted by atomic mass is 32.2. The van der Waals surface area contributed by atoms with E-state index in [-0.39, 0.29) is 0 Å². The Morgan fingerprint density at radius 3 is 2.69 bits per heavy atom. The number of rotatable bonds is 7. The van der Waals surface area contributed by atoms with Crippen LogP contribution in [0.2, 0.25) is 0 Å². The third-order valence-corrected chi connectivity index (χ3v) is 8.80. The summed E-state index contributed by atoms with van der Waals surface area (Å²) in [5.41, 5.74) is 2.24. The normalized spacial score (nSPS) is 15.7. The molecule has 0 saturated carbocycles. The average molecular weight is 473 g/mol. The SMILES string of the molecule is O=c1[nH]c2cccc(N3CCN(CCCNS(=O)(=O)c4cc5ccccc5s4)CC3)c2o1. The van der Waals surface area contributed by atoms with Gasteiger partial charge in [0, 0.05) is 37.4 Å². The van der Waals surface area contributed by atoms with Crippen LogP contribution in [-0.2, 0) is 10.0 Å². The largest absolute Gasteiger partial charge is 0.417 e. The van der Waals surface area contributed by atoms with Crippen LogP contribution in [0.15, 0.2) is 62.0 Å². The lowest BCUT2D eigenvalue weighted by molar-refractivity contribution is 0.255. The minimum absolute atomic E-state index is 0.359. The number of nitrogens with zero attached hydrogens (tertiary/aromatic N) is 2. The van der Waals surface area contributed by atoms with Gasteiger partial charge in [0.25, 0.3) is 0 Å². The Kier molecular flexibility index (Phi) is 5.76. The van der Waals surface area contributed by atoms with E-state index >= 15 is 0 Å². The standard InChI is InChI=1S/C22H24N4O4S2/c27-22-24-17-6-3-7-18(21(17)30-22)26-13-11-25(12-14-26)10-4-9-23-32(28,29)20-15-16-5-1-2-8-19(16)31-20/h1-3,5-8,15,23H,4,9-14H2,(H,24,27). The quantitative estimate of drug-likeness (QED) is 0.402. The van der Waals surface area contributed by atoms with E-state index < -0.39 is 15.8 Å². The lowest BCUT2D eigenvalue weighted by Gasteiger charge is -2.36. The second-order valence-electron chi connectivity index (χ2n) is 7.85. The maximum atomic E-state index is 12.6. The molecule has 0 amide bonds. The summed E-state index contributed by atoms with van der Waals surface area (Å²) in [7, 11) is -3.49. The van der Waals surface area contributed by atoms with Crippen molar-refractivity contribution in [2.75, 3.05) is 44.2 Å². The molecular weight excluding hydrogens is 448 g/mol. The van der Waals surface area contributed by atoms with Gasteiger partial charge in [-0.2, -0.15) is 0 Å². The molecule has 2 N–H and O–H groups in total. The summed E-state index contributed by atoms with van der Waals surface area (Å²) in [5.74, 6) is -0.441. The first-order valence-electron chi connectivity index (χ1n) is 10.6. The van der Waals surface area contributed by atoms with Gasteiger partial charge in [-0.05, 0) is 42.6 Å². The number of thiophene rings is 1. The fourth-order valence-electron chi connectivity index (χ4n) is 4.09. The van der Waals surface area contributed by atoms with Gasteiger partial charge in [-0.15, -0.1) is 11.3 Å². The van der Waals surface area contributed by atoms with Crippen LogP contribution >= 0.6 is 11.3 Å². The van der Waals surface area contributed by atoms with Crippen molar-refractivity contribution in [1.82, 2.24) is 14.6 Å². The van der Waals surface area contributed by atoms with Crippen molar-refractivity contribution >= 4 is 48.2 Å². The van der Waals surface area contributed by atoms with Crippen molar-refractivity contribution in [3.05, 3.63) is 59.1 Å². The topological polar surface area (TPSA) is 98.6 Å². The molecule has 2 aromatic heterocycles. The summed E-state index contributed by atoms with van der Waals surface area (Å²) in [6, 6.07) is 15.1. The molecule has 0 unspecified atom stereocenters. The predicted octanol–water partition coefficient (Wildman–Crippen LogP) is 2.83. The number of hydrogen-bond donors (Lipinski definition) is 2. The van der Waals surface area contributed by atoms with E-state index in [1.165, 1.54) is 11.3 Å². The summed E-state index contributed by atoms with van der Waals surface area (Å²) in [6.45, 7) is 4.61. The maximum Gasteiger partial charge on any atom is 0.417 e. The van der Waals surface area contributed by atoms with Crippen LogP contribution < -0.4 is 15.4 Å². The molecule has 2 aromatic carbocycles. The van der Waals surface area contributed by atoms with Crippen molar-refractivity contribution in [3.8, 4) is 0 Å². The van der Waals surface area contributed by atoms with E-state index in [2.05, 4.69) is 19.5 Å². The van der Waals surface area contributed by atoms with Crippen LogP contribution in [0.4, 0.5) is 5.69 Å². The molecule has 3 heterocycles. The van der Waals surface area contributed by atoms with Crippen molar-refractivity contribution in [2.24, 2.45) is 0 Å². The number of aromatic amines is 1. The van der Waals surface area contributed by atoms with Gasteiger partial charge in [-0.1, -0.05) is 24.3 Å². The molecule has 0 atom stereocenters. The Balaban J connectivity index is 1.12. The van der Waals surface area contributed by atoms with Crippen molar-refractivity contribution < 1.29 is 12.8 Å². The van der Waals surface area contributed by atoms with E-state index in [1.54, 1.807) is 6.07 Å². The van der Waals surface area contributed by atoms with E-state index in [0.717, 1.165) is 54.9 Å². The number of oxazole rings is 1. The van der Waals surface area contributed by atoms with E-state index in [1.807, 2.05) is 42.5 Å². The van der Waals surface area contributed by atoms with E-state index in [9.17, 15) is 13.2 Å². The minimum Gasteiger partial charge on any atom is -0.406 e. The van der Waals surface area contributed by atoms with E-state index in [4.69, 9.17) is 4.42 Å².